The van der Waals surface area contributed by atoms with Crippen LogP contribution in [0.3, 0.4) is 0 Å². The molecule has 1 heterocycles. The maximum absolute atomic E-state index is 11.0. The summed E-state index contributed by atoms with van der Waals surface area (Å²) in [6.45, 7) is 4.23. The fourth-order valence-corrected chi connectivity index (χ4v) is 1.66. The second-order valence-electron chi connectivity index (χ2n) is 5.00. The zero-order chi connectivity index (χ0) is 14.5. The molecule has 1 aromatic heterocycles. The van der Waals surface area contributed by atoms with Gasteiger partial charge in [-0.2, -0.15) is 0 Å². The van der Waals surface area contributed by atoms with Gasteiger partial charge < -0.3 is 15.5 Å². The van der Waals surface area contributed by atoms with E-state index in [1.54, 1.807) is 12.4 Å². The van der Waals surface area contributed by atoms with Gasteiger partial charge in [0, 0.05) is 24.4 Å². The number of carboxylic acids is 2. The minimum Gasteiger partial charge on any atom is -0.481 e. The van der Waals surface area contributed by atoms with Gasteiger partial charge in [0.1, 0.15) is 6.04 Å². The normalized spacial score (nSPS) is 12.9. The standard InChI is InChI=1S/C13H18N2O4/c1-13(2,9-4-3-5-14-7-9)8-15-10(12(18)19)6-11(16)17/h3-5,7,10,15H,6,8H2,1-2H3,(H,16,17)(H,18,19). The summed E-state index contributed by atoms with van der Waals surface area (Å²) in [6, 6.07) is 2.62. The van der Waals surface area contributed by atoms with Crippen LogP contribution in [0, 0.1) is 0 Å². The van der Waals surface area contributed by atoms with Crippen LogP contribution in [0.5, 0.6) is 0 Å². The molecule has 1 rings (SSSR count). The molecule has 0 amide bonds. The molecule has 0 aromatic carbocycles. The first-order valence-electron chi connectivity index (χ1n) is 5.91. The molecule has 0 spiro atoms. The summed E-state index contributed by atoms with van der Waals surface area (Å²) < 4.78 is 0. The van der Waals surface area contributed by atoms with Gasteiger partial charge in [-0.3, -0.25) is 14.6 Å². The topological polar surface area (TPSA) is 99.5 Å². The Labute approximate surface area is 111 Å². The first kappa shape index (κ1) is 15.1. The van der Waals surface area contributed by atoms with Crippen molar-refractivity contribution < 1.29 is 19.8 Å². The molecule has 19 heavy (non-hydrogen) atoms. The number of hydrogen-bond donors (Lipinski definition) is 3. The first-order valence-corrected chi connectivity index (χ1v) is 5.91. The molecular weight excluding hydrogens is 248 g/mol. The van der Waals surface area contributed by atoms with E-state index >= 15 is 0 Å². The third kappa shape index (κ3) is 4.67. The van der Waals surface area contributed by atoms with Gasteiger partial charge in [-0.1, -0.05) is 19.9 Å². The van der Waals surface area contributed by atoms with Crippen LogP contribution >= 0.6 is 0 Å². The summed E-state index contributed by atoms with van der Waals surface area (Å²) in [5.74, 6) is -2.30. The predicted octanol–water partition coefficient (Wildman–Crippen LogP) is 0.877. The second kappa shape index (κ2) is 6.29. The van der Waals surface area contributed by atoms with E-state index in [1.807, 2.05) is 26.0 Å². The van der Waals surface area contributed by atoms with Crippen molar-refractivity contribution in [3.63, 3.8) is 0 Å². The third-order valence-electron chi connectivity index (χ3n) is 2.91. The van der Waals surface area contributed by atoms with Crippen LogP contribution in [0.1, 0.15) is 25.8 Å². The average molecular weight is 266 g/mol. The zero-order valence-corrected chi connectivity index (χ0v) is 11.0. The number of carboxylic acid groups (broad SMARTS) is 2. The first-order chi connectivity index (χ1) is 8.83. The molecule has 104 valence electrons. The van der Waals surface area contributed by atoms with Gasteiger partial charge in [-0.15, -0.1) is 0 Å². The Morgan fingerprint density at radius 2 is 2.11 bits per heavy atom. The third-order valence-corrected chi connectivity index (χ3v) is 2.91. The van der Waals surface area contributed by atoms with Crippen LogP contribution in [0.15, 0.2) is 24.5 Å². The highest BCUT2D eigenvalue weighted by Gasteiger charge is 2.26. The van der Waals surface area contributed by atoms with E-state index in [4.69, 9.17) is 10.2 Å². The molecule has 0 bridgehead atoms. The number of rotatable bonds is 7. The van der Waals surface area contributed by atoms with Crippen molar-refractivity contribution in [2.75, 3.05) is 6.54 Å². The molecule has 0 radical (unpaired) electrons. The van der Waals surface area contributed by atoms with Crippen LogP contribution in [0.4, 0.5) is 0 Å². The van der Waals surface area contributed by atoms with Crippen LogP contribution in [-0.2, 0) is 15.0 Å². The Balaban J connectivity index is 2.68. The van der Waals surface area contributed by atoms with Crippen molar-refractivity contribution in [3.8, 4) is 0 Å². The Morgan fingerprint density at radius 3 is 2.58 bits per heavy atom. The summed E-state index contributed by atoms with van der Waals surface area (Å²) in [5.41, 5.74) is 0.627. The molecule has 1 aromatic rings. The van der Waals surface area contributed by atoms with Gasteiger partial charge in [0.05, 0.1) is 6.42 Å². The highest BCUT2D eigenvalue weighted by Crippen LogP contribution is 2.21. The van der Waals surface area contributed by atoms with Crippen molar-refractivity contribution in [2.45, 2.75) is 31.7 Å². The van der Waals surface area contributed by atoms with Crippen molar-refractivity contribution in [3.05, 3.63) is 30.1 Å². The lowest BCUT2D eigenvalue weighted by Gasteiger charge is -2.27. The number of aromatic nitrogens is 1. The maximum atomic E-state index is 11.0. The monoisotopic (exact) mass is 266 g/mol. The van der Waals surface area contributed by atoms with Crippen molar-refractivity contribution in [1.82, 2.24) is 10.3 Å². The second-order valence-corrected chi connectivity index (χ2v) is 5.00. The molecule has 0 aliphatic heterocycles. The van der Waals surface area contributed by atoms with Gasteiger partial charge in [0.15, 0.2) is 0 Å². The molecule has 1 unspecified atom stereocenters. The quantitative estimate of drug-likeness (QED) is 0.677. The van der Waals surface area contributed by atoms with Crippen molar-refractivity contribution in [1.29, 1.82) is 0 Å². The summed E-state index contributed by atoms with van der Waals surface area (Å²) in [6.07, 6.45) is 2.94. The fourth-order valence-electron chi connectivity index (χ4n) is 1.66. The van der Waals surface area contributed by atoms with E-state index in [2.05, 4.69) is 10.3 Å². The Kier molecular flexibility index (Phi) is 5.00. The lowest BCUT2D eigenvalue weighted by Crippen LogP contribution is -2.44. The smallest absolute Gasteiger partial charge is 0.321 e. The van der Waals surface area contributed by atoms with E-state index in [9.17, 15) is 9.59 Å². The van der Waals surface area contributed by atoms with E-state index in [-0.39, 0.29) is 5.41 Å². The molecular formula is C13H18N2O4. The van der Waals surface area contributed by atoms with Gasteiger partial charge in [0.25, 0.3) is 0 Å². The highest BCUT2D eigenvalue weighted by molar-refractivity contribution is 5.80. The van der Waals surface area contributed by atoms with Gasteiger partial charge in [0.2, 0.25) is 0 Å². The summed E-state index contributed by atoms with van der Waals surface area (Å²) in [5, 5.41) is 20.4. The van der Waals surface area contributed by atoms with Crippen LogP contribution in [-0.4, -0.2) is 39.7 Å². The number of carbonyl (C=O) groups is 2. The molecule has 6 heteroatoms. The molecule has 1 atom stereocenters. The largest absolute Gasteiger partial charge is 0.481 e. The Hall–Kier alpha value is -1.95. The zero-order valence-electron chi connectivity index (χ0n) is 11.0. The van der Waals surface area contributed by atoms with Gasteiger partial charge >= 0.3 is 11.9 Å². The van der Waals surface area contributed by atoms with Crippen LogP contribution < -0.4 is 5.32 Å². The van der Waals surface area contributed by atoms with Crippen molar-refractivity contribution >= 4 is 11.9 Å². The molecule has 0 aliphatic carbocycles. The number of nitrogens with one attached hydrogen (secondary N) is 1. The average Bonchev–Trinajstić information content (AvgIpc) is 2.35. The highest BCUT2D eigenvalue weighted by atomic mass is 16.4. The summed E-state index contributed by atoms with van der Waals surface area (Å²) in [4.78, 5) is 25.6. The molecule has 0 saturated carbocycles. The number of nitrogens with zero attached hydrogens (tertiary/aromatic N) is 1. The van der Waals surface area contributed by atoms with E-state index in [1.165, 1.54) is 0 Å². The molecule has 0 fully saturated rings. The minimum absolute atomic E-state index is 0.333. The molecule has 0 aliphatic rings. The van der Waals surface area contributed by atoms with E-state index in [0.717, 1.165) is 5.56 Å². The summed E-state index contributed by atoms with van der Waals surface area (Å²) in [7, 11) is 0. The summed E-state index contributed by atoms with van der Waals surface area (Å²) >= 11 is 0. The lowest BCUT2D eigenvalue weighted by molar-refractivity contribution is -0.146. The van der Waals surface area contributed by atoms with E-state index in [0.29, 0.717) is 6.54 Å². The van der Waals surface area contributed by atoms with Gasteiger partial charge in [-0.25, -0.2) is 0 Å². The molecule has 0 saturated heterocycles. The SMILES string of the molecule is CC(C)(CNC(CC(=O)O)C(=O)O)c1cccnc1. The number of pyridine rings is 1. The number of hydrogen-bond acceptors (Lipinski definition) is 4. The number of aliphatic carboxylic acids is 2. The van der Waals surface area contributed by atoms with Crippen molar-refractivity contribution in [2.24, 2.45) is 0 Å². The van der Waals surface area contributed by atoms with Crippen LogP contribution in [0.25, 0.3) is 0 Å². The lowest BCUT2D eigenvalue weighted by atomic mass is 9.85. The molecule has 6 nitrogen and oxygen atoms in total. The Morgan fingerprint density at radius 1 is 1.42 bits per heavy atom. The van der Waals surface area contributed by atoms with Gasteiger partial charge in [-0.05, 0) is 11.6 Å². The minimum atomic E-state index is -1.16. The fraction of sp³-hybridized carbons (Fsp3) is 0.462. The Bertz CT molecular complexity index is 445. The maximum Gasteiger partial charge on any atom is 0.321 e. The van der Waals surface area contributed by atoms with E-state index < -0.39 is 24.4 Å². The van der Waals surface area contributed by atoms with Crippen LogP contribution in [0.2, 0.25) is 0 Å². The predicted molar refractivity (Wildman–Crippen MR) is 68.9 cm³/mol. The molecule has 3 N–H and O–H groups in total.